The zero-order valence-electron chi connectivity index (χ0n) is 25.8. The third kappa shape index (κ3) is 7.90. The van der Waals surface area contributed by atoms with Gasteiger partial charge in [0.15, 0.2) is 0 Å². The smallest absolute Gasteiger partial charge is 0.353 e. The van der Waals surface area contributed by atoms with E-state index in [0.29, 0.717) is 28.5 Å². The van der Waals surface area contributed by atoms with Crippen molar-refractivity contribution >= 4 is 52.3 Å². The van der Waals surface area contributed by atoms with E-state index in [9.17, 15) is 24.0 Å². The lowest BCUT2D eigenvalue weighted by Gasteiger charge is -2.26. The van der Waals surface area contributed by atoms with E-state index < -0.39 is 17.8 Å². The third-order valence-electron chi connectivity index (χ3n) is 7.13. The Morgan fingerprint density at radius 2 is 1.56 bits per heavy atom. The molecule has 240 valence electrons. The number of carbonyl (C=O) groups is 5. The first kappa shape index (κ1) is 33.1. The number of nitrogens with zero attached hydrogens (tertiary/aromatic N) is 2. The number of ether oxygens (including phenoxy) is 1. The van der Waals surface area contributed by atoms with E-state index in [0.717, 1.165) is 23.8 Å². The molecule has 12 heteroatoms. The van der Waals surface area contributed by atoms with Crippen LogP contribution >= 0.6 is 11.3 Å². The average molecular weight is 660 g/mol. The van der Waals surface area contributed by atoms with Gasteiger partial charge in [0.25, 0.3) is 11.8 Å². The molecular weight excluding hydrogens is 630 g/mol. The van der Waals surface area contributed by atoms with Crippen LogP contribution in [0.1, 0.15) is 40.0 Å². The molecule has 4 aromatic rings. The van der Waals surface area contributed by atoms with Gasteiger partial charge in [-0.15, -0.1) is 11.3 Å². The van der Waals surface area contributed by atoms with Crippen molar-refractivity contribution in [2.24, 2.45) is 0 Å². The monoisotopic (exact) mass is 659 g/mol. The number of nitrogens with one attached hydrogen (secondary N) is 3. The van der Waals surface area contributed by atoms with Crippen molar-refractivity contribution in [1.82, 2.24) is 15.6 Å². The van der Waals surface area contributed by atoms with Crippen LogP contribution in [0, 0.1) is 11.8 Å². The molecule has 11 nitrogen and oxygen atoms in total. The molecule has 5 rings (SSSR count). The predicted octanol–water partition coefficient (Wildman–Crippen LogP) is 4.52. The van der Waals surface area contributed by atoms with Crippen LogP contribution in [0.5, 0.6) is 0 Å². The summed E-state index contributed by atoms with van der Waals surface area (Å²) < 4.78 is 4.46. The topological polar surface area (TPSA) is 147 Å². The number of hydrogen-bond acceptors (Lipinski definition) is 8. The number of aromatic nitrogens is 1. The van der Waals surface area contributed by atoms with Crippen molar-refractivity contribution in [3.8, 4) is 22.4 Å². The van der Waals surface area contributed by atoms with Crippen LogP contribution in [-0.2, 0) is 30.5 Å². The van der Waals surface area contributed by atoms with Crippen LogP contribution in [0.3, 0.4) is 0 Å². The molecule has 2 heterocycles. The Hall–Kier alpha value is -6.32. The van der Waals surface area contributed by atoms with Crippen LogP contribution in [0.15, 0.2) is 103 Å². The van der Waals surface area contributed by atoms with Gasteiger partial charge in [-0.25, -0.2) is 9.78 Å². The van der Waals surface area contributed by atoms with Crippen LogP contribution in [-0.4, -0.2) is 41.7 Å². The minimum atomic E-state index is -0.834. The summed E-state index contributed by atoms with van der Waals surface area (Å²) in [7, 11) is 1.14. The molecule has 1 aliphatic heterocycles. The average Bonchev–Trinajstić information content (AvgIpc) is 3.59. The lowest BCUT2D eigenvalue weighted by molar-refractivity contribution is -0.137. The Kier molecular flexibility index (Phi) is 10.2. The molecule has 0 radical (unpaired) electrons. The number of rotatable bonds is 10. The highest BCUT2D eigenvalue weighted by atomic mass is 32.1. The van der Waals surface area contributed by atoms with E-state index in [-0.39, 0.29) is 41.7 Å². The number of hydrogen-bond donors (Lipinski definition) is 3. The number of para-hydroxylation sites is 1. The number of carbonyl (C=O) groups excluding carboxylic acids is 5. The summed E-state index contributed by atoms with van der Waals surface area (Å²) >= 11 is 1.21. The standard InChI is InChI=1S/C36H29N5O6S/c1-22(33(44)38-23(2)36(46)47-3)37-34(45)29-21-48-35(40-29)26-14-16-28(17-15-26)39-31(42)18-19-32(43)41-20-27-10-5-4-8-24(27)12-13-25-9-6-7-11-30(25)41/h4-11,14-17,21H,1-2,18-20H2,3H3,(H,37,45)(H,38,44)(H,39,42). The highest BCUT2D eigenvalue weighted by Gasteiger charge is 2.22. The summed E-state index contributed by atoms with van der Waals surface area (Å²) in [6.07, 6.45) is -0.0104. The van der Waals surface area contributed by atoms with Crippen LogP contribution < -0.4 is 20.9 Å². The van der Waals surface area contributed by atoms with E-state index in [4.69, 9.17) is 0 Å². The molecule has 0 unspecified atom stereocenters. The fraction of sp³-hybridized carbons (Fsp3) is 0.111. The van der Waals surface area contributed by atoms with Crippen molar-refractivity contribution in [3.63, 3.8) is 0 Å². The number of thiazole rings is 1. The normalized spacial score (nSPS) is 11.2. The van der Waals surface area contributed by atoms with Crippen LogP contribution in [0.25, 0.3) is 10.6 Å². The highest BCUT2D eigenvalue weighted by molar-refractivity contribution is 7.13. The molecule has 1 aliphatic rings. The predicted molar refractivity (Wildman–Crippen MR) is 181 cm³/mol. The third-order valence-corrected chi connectivity index (χ3v) is 8.02. The summed E-state index contributed by atoms with van der Waals surface area (Å²) in [5, 5.41) is 9.38. The fourth-order valence-electron chi connectivity index (χ4n) is 4.64. The van der Waals surface area contributed by atoms with E-state index in [1.54, 1.807) is 29.2 Å². The molecule has 0 fully saturated rings. The van der Waals surface area contributed by atoms with Crippen LogP contribution in [0.2, 0.25) is 0 Å². The van der Waals surface area contributed by atoms with Crippen LogP contribution in [0.4, 0.5) is 11.4 Å². The molecule has 0 spiro atoms. The number of methoxy groups -OCH3 is 1. The molecule has 4 amide bonds. The lowest BCUT2D eigenvalue weighted by Crippen LogP contribution is -2.35. The fourth-order valence-corrected chi connectivity index (χ4v) is 5.44. The minimum absolute atomic E-state index is 0.00587. The molecule has 48 heavy (non-hydrogen) atoms. The molecule has 1 aromatic heterocycles. The first-order chi connectivity index (χ1) is 23.1. The Bertz CT molecular complexity index is 2020. The number of esters is 1. The molecule has 0 bridgehead atoms. The molecule has 3 aromatic carbocycles. The Labute approximate surface area is 280 Å². The van der Waals surface area contributed by atoms with Gasteiger partial charge < -0.3 is 25.6 Å². The largest absolute Gasteiger partial charge is 0.464 e. The minimum Gasteiger partial charge on any atom is -0.464 e. The zero-order valence-corrected chi connectivity index (χ0v) is 26.6. The van der Waals surface area contributed by atoms with E-state index in [2.05, 4.69) is 50.7 Å². The second-order valence-electron chi connectivity index (χ2n) is 10.4. The molecule has 0 aliphatic carbocycles. The first-order valence-corrected chi connectivity index (χ1v) is 15.4. The maximum absolute atomic E-state index is 13.4. The van der Waals surface area contributed by atoms with Gasteiger partial charge >= 0.3 is 5.97 Å². The van der Waals surface area contributed by atoms with Crippen molar-refractivity contribution < 1.29 is 28.7 Å². The van der Waals surface area contributed by atoms with E-state index >= 15 is 0 Å². The van der Waals surface area contributed by atoms with Gasteiger partial charge in [0.1, 0.15) is 16.4 Å². The summed E-state index contributed by atoms with van der Waals surface area (Å²) in [6.45, 7) is 7.24. The van der Waals surface area contributed by atoms with Gasteiger partial charge in [0.2, 0.25) is 11.8 Å². The maximum Gasteiger partial charge on any atom is 0.353 e. The van der Waals surface area contributed by atoms with Gasteiger partial charge in [0.05, 0.1) is 25.0 Å². The maximum atomic E-state index is 13.4. The molecule has 0 atom stereocenters. The highest BCUT2D eigenvalue weighted by Crippen LogP contribution is 2.27. The summed E-state index contributed by atoms with van der Waals surface area (Å²) in [4.78, 5) is 68.5. The van der Waals surface area contributed by atoms with E-state index in [1.807, 2.05) is 48.5 Å². The Balaban J connectivity index is 1.15. The summed E-state index contributed by atoms with van der Waals surface area (Å²) in [5.41, 5.74) is 3.90. The zero-order chi connectivity index (χ0) is 34.2. The second-order valence-corrected chi connectivity index (χ2v) is 11.3. The lowest BCUT2D eigenvalue weighted by atomic mass is 10.0. The molecule has 0 saturated heterocycles. The summed E-state index contributed by atoms with van der Waals surface area (Å²) in [5.74, 6) is 3.52. The van der Waals surface area contributed by atoms with E-state index in [1.165, 1.54) is 16.7 Å². The van der Waals surface area contributed by atoms with Gasteiger partial charge in [-0.05, 0) is 48.0 Å². The van der Waals surface area contributed by atoms with Crippen molar-refractivity contribution in [1.29, 1.82) is 0 Å². The van der Waals surface area contributed by atoms with Crippen molar-refractivity contribution in [2.75, 3.05) is 17.3 Å². The Morgan fingerprint density at radius 1 is 0.875 bits per heavy atom. The van der Waals surface area contributed by atoms with Gasteiger partial charge in [-0.2, -0.15) is 0 Å². The Morgan fingerprint density at radius 3 is 2.31 bits per heavy atom. The second kappa shape index (κ2) is 14.8. The number of fused-ring (bicyclic) bond motifs is 2. The van der Waals surface area contributed by atoms with Gasteiger partial charge in [-0.3, -0.25) is 19.2 Å². The first-order valence-electron chi connectivity index (χ1n) is 14.6. The quantitative estimate of drug-likeness (QED) is 0.129. The summed E-state index contributed by atoms with van der Waals surface area (Å²) in [6, 6.07) is 22.0. The van der Waals surface area contributed by atoms with Crippen molar-refractivity contribution in [3.05, 3.63) is 125 Å². The SMILES string of the molecule is C=C(NC(=O)c1csc(-c2ccc(NC(=O)CCC(=O)N3Cc4ccccc4C#Cc4ccccc43)cc2)n1)C(=O)NC(=C)C(=O)OC. The molecule has 0 saturated carbocycles. The number of benzene rings is 3. The molecular formula is C36H29N5O6S. The molecule has 3 N–H and O–H groups in total. The number of amides is 4. The van der Waals surface area contributed by atoms with Gasteiger partial charge in [-0.1, -0.05) is 55.3 Å². The van der Waals surface area contributed by atoms with Crippen molar-refractivity contribution in [2.45, 2.75) is 19.4 Å². The van der Waals surface area contributed by atoms with Gasteiger partial charge in [0, 0.05) is 40.6 Å². The number of anilines is 2.